The van der Waals surface area contributed by atoms with Crippen molar-refractivity contribution >= 4 is 0 Å². The molecule has 100 valence electrons. The zero-order valence-electron chi connectivity index (χ0n) is 10.3. The van der Waals surface area contributed by atoms with Crippen LogP contribution in [0.5, 0.6) is 0 Å². The first kappa shape index (κ1) is 13.4. The number of aliphatic hydroxyl groups is 1. The number of benzene rings is 1. The highest BCUT2D eigenvalue weighted by Gasteiger charge is 2.17. The SMILES string of the molecule is OC(CNC1CCCCC1)c1ccc(F)cc1F. The zero-order chi connectivity index (χ0) is 13.0. The highest BCUT2D eigenvalue weighted by atomic mass is 19.1. The lowest BCUT2D eigenvalue weighted by molar-refractivity contribution is 0.161. The van der Waals surface area contributed by atoms with Crippen molar-refractivity contribution in [2.45, 2.75) is 44.2 Å². The zero-order valence-corrected chi connectivity index (χ0v) is 10.3. The Labute approximate surface area is 106 Å². The van der Waals surface area contributed by atoms with Crippen LogP contribution in [0, 0.1) is 11.6 Å². The average molecular weight is 255 g/mol. The van der Waals surface area contributed by atoms with Gasteiger partial charge in [-0.05, 0) is 18.9 Å². The Kier molecular flexibility index (Phi) is 4.66. The molecule has 0 radical (unpaired) electrons. The van der Waals surface area contributed by atoms with Gasteiger partial charge in [0, 0.05) is 24.2 Å². The Balaban J connectivity index is 1.88. The topological polar surface area (TPSA) is 32.3 Å². The van der Waals surface area contributed by atoms with E-state index in [1.54, 1.807) is 0 Å². The van der Waals surface area contributed by atoms with Crippen molar-refractivity contribution in [3.63, 3.8) is 0 Å². The van der Waals surface area contributed by atoms with Gasteiger partial charge in [-0.15, -0.1) is 0 Å². The largest absolute Gasteiger partial charge is 0.387 e. The molecule has 1 aliphatic rings. The molecule has 0 bridgehead atoms. The lowest BCUT2D eigenvalue weighted by atomic mass is 9.95. The molecule has 2 rings (SSSR count). The fourth-order valence-electron chi connectivity index (χ4n) is 2.47. The van der Waals surface area contributed by atoms with Gasteiger partial charge in [-0.2, -0.15) is 0 Å². The summed E-state index contributed by atoms with van der Waals surface area (Å²) in [7, 11) is 0. The minimum atomic E-state index is -0.924. The van der Waals surface area contributed by atoms with Gasteiger partial charge < -0.3 is 10.4 Å². The molecule has 0 spiro atoms. The lowest BCUT2D eigenvalue weighted by Gasteiger charge is -2.24. The number of hydrogen-bond acceptors (Lipinski definition) is 2. The average Bonchev–Trinajstić information content (AvgIpc) is 2.37. The van der Waals surface area contributed by atoms with E-state index in [4.69, 9.17) is 0 Å². The third-order valence-electron chi connectivity index (χ3n) is 3.53. The van der Waals surface area contributed by atoms with Crippen LogP contribution in [0.2, 0.25) is 0 Å². The van der Waals surface area contributed by atoms with E-state index in [1.165, 1.54) is 31.4 Å². The molecule has 1 fully saturated rings. The highest BCUT2D eigenvalue weighted by molar-refractivity contribution is 5.21. The molecule has 1 unspecified atom stereocenters. The van der Waals surface area contributed by atoms with Crippen LogP contribution in [0.4, 0.5) is 8.78 Å². The second kappa shape index (κ2) is 6.25. The molecule has 0 saturated heterocycles. The van der Waals surface area contributed by atoms with Crippen LogP contribution in [0.15, 0.2) is 18.2 Å². The van der Waals surface area contributed by atoms with Crippen molar-refractivity contribution in [1.82, 2.24) is 5.32 Å². The van der Waals surface area contributed by atoms with Gasteiger partial charge >= 0.3 is 0 Å². The number of halogens is 2. The fraction of sp³-hybridized carbons (Fsp3) is 0.571. The van der Waals surface area contributed by atoms with E-state index in [-0.39, 0.29) is 5.56 Å². The van der Waals surface area contributed by atoms with Crippen molar-refractivity contribution in [2.75, 3.05) is 6.54 Å². The Morgan fingerprint density at radius 1 is 1.22 bits per heavy atom. The summed E-state index contributed by atoms with van der Waals surface area (Å²) in [5, 5.41) is 13.1. The molecule has 1 aliphatic carbocycles. The first-order valence-corrected chi connectivity index (χ1v) is 6.53. The second-order valence-electron chi connectivity index (χ2n) is 4.92. The molecular weight excluding hydrogens is 236 g/mol. The lowest BCUT2D eigenvalue weighted by Crippen LogP contribution is -2.34. The van der Waals surface area contributed by atoms with Gasteiger partial charge in [0.1, 0.15) is 11.6 Å². The van der Waals surface area contributed by atoms with E-state index >= 15 is 0 Å². The minimum absolute atomic E-state index is 0.153. The monoisotopic (exact) mass is 255 g/mol. The van der Waals surface area contributed by atoms with Crippen LogP contribution in [-0.4, -0.2) is 17.7 Å². The Bertz CT molecular complexity index is 391. The summed E-state index contributed by atoms with van der Waals surface area (Å²) in [6.07, 6.45) is 4.98. The van der Waals surface area contributed by atoms with E-state index in [0.29, 0.717) is 12.6 Å². The van der Waals surface area contributed by atoms with Crippen LogP contribution in [0.3, 0.4) is 0 Å². The van der Waals surface area contributed by atoms with E-state index in [2.05, 4.69) is 5.32 Å². The maximum absolute atomic E-state index is 13.4. The molecule has 0 heterocycles. The molecule has 1 aromatic carbocycles. The normalized spacial score (nSPS) is 18.8. The van der Waals surface area contributed by atoms with Crippen LogP contribution >= 0.6 is 0 Å². The molecule has 2 N–H and O–H groups in total. The summed E-state index contributed by atoms with van der Waals surface area (Å²) in [4.78, 5) is 0. The standard InChI is InChI=1S/C14H19F2NO/c15-10-6-7-12(13(16)8-10)14(18)9-17-11-4-2-1-3-5-11/h6-8,11,14,17-18H,1-5,9H2. The molecular formula is C14H19F2NO. The van der Waals surface area contributed by atoms with Crippen LogP contribution in [-0.2, 0) is 0 Å². The van der Waals surface area contributed by atoms with Gasteiger partial charge in [-0.1, -0.05) is 25.3 Å². The summed E-state index contributed by atoms with van der Waals surface area (Å²) in [5.74, 6) is -1.31. The van der Waals surface area contributed by atoms with Crippen LogP contribution < -0.4 is 5.32 Å². The molecule has 18 heavy (non-hydrogen) atoms. The van der Waals surface area contributed by atoms with Crippen molar-refractivity contribution in [1.29, 1.82) is 0 Å². The molecule has 1 aromatic rings. The number of aliphatic hydroxyl groups excluding tert-OH is 1. The Morgan fingerprint density at radius 2 is 1.94 bits per heavy atom. The minimum Gasteiger partial charge on any atom is -0.387 e. The third-order valence-corrected chi connectivity index (χ3v) is 3.53. The Morgan fingerprint density at radius 3 is 2.61 bits per heavy atom. The molecule has 4 heteroatoms. The van der Waals surface area contributed by atoms with E-state index in [0.717, 1.165) is 18.9 Å². The summed E-state index contributed by atoms with van der Waals surface area (Å²) in [6.45, 7) is 0.313. The summed E-state index contributed by atoms with van der Waals surface area (Å²) in [5.41, 5.74) is 0.153. The summed E-state index contributed by atoms with van der Waals surface area (Å²) < 4.78 is 26.2. The van der Waals surface area contributed by atoms with Gasteiger partial charge in [0.15, 0.2) is 0 Å². The number of rotatable bonds is 4. The van der Waals surface area contributed by atoms with Crippen LogP contribution in [0.1, 0.15) is 43.8 Å². The van der Waals surface area contributed by atoms with E-state index < -0.39 is 17.7 Å². The molecule has 1 saturated carbocycles. The van der Waals surface area contributed by atoms with Gasteiger partial charge in [0.25, 0.3) is 0 Å². The Hall–Kier alpha value is -1.00. The molecule has 2 nitrogen and oxygen atoms in total. The van der Waals surface area contributed by atoms with Crippen molar-refractivity contribution < 1.29 is 13.9 Å². The predicted octanol–water partition coefficient (Wildman–Crippen LogP) is 2.92. The predicted molar refractivity (Wildman–Crippen MR) is 66.2 cm³/mol. The van der Waals surface area contributed by atoms with E-state index in [9.17, 15) is 13.9 Å². The quantitative estimate of drug-likeness (QED) is 0.867. The van der Waals surface area contributed by atoms with Gasteiger partial charge in [0.2, 0.25) is 0 Å². The van der Waals surface area contributed by atoms with Crippen molar-refractivity contribution in [3.8, 4) is 0 Å². The first-order valence-electron chi connectivity index (χ1n) is 6.53. The molecule has 0 aliphatic heterocycles. The maximum Gasteiger partial charge on any atom is 0.131 e. The third kappa shape index (κ3) is 3.50. The summed E-state index contributed by atoms with van der Waals surface area (Å²) in [6, 6.07) is 3.69. The molecule has 0 aromatic heterocycles. The fourth-order valence-corrected chi connectivity index (χ4v) is 2.47. The molecule has 1 atom stereocenters. The van der Waals surface area contributed by atoms with Crippen molar-refractivity contribution in [2.24, 2.45) is 0 Å². The van der Waals surface area contributed by atoms with Crippen molar-refractivity contribution in [3.05, 3.63) is 35.4 Å². The van der Waals surface area contributed by atoms with Crippen LogP contribution in [0.25, 0.3) is 0 Å². The highest BCUT2D eigenvalue weighted by Crippen LogP contribution is 2.20. The second-order valence-corrected chi connectivity index (χ2v) is 4.92. The smallest absolute Gasteiger partial charge is 0.131 e. The van der Waals surface area contributed by atoms with E-state index in [1.807, 2.05) is 0 Å². The number of hydrogen-bond donors (Lipinski definition) is 2. The summed E-state index contributed by atoms with van der Waals surface area (Å²) >= 11 is 0. The molecule has 0 amide bonds. The number of nitrogens with one attached hydrogen (secondary N) is 1. The maximum atomic E-state index is 13.4. The van der Waals surface area contributed by atoms with Gasteiger partial charge in [-0.25, -0.2) is 8.78 Å². The van der Waals surface area contributed by atoms with Gasteiger partial charge in [-0.3, -0.25) is 0 Å². The first-order chi connectivity index (χ1) is 8.66. The van der Waals surface area contributed by atoms with Gasteiger partial charge in [0.05, 0.1) is 6.10 Å².